The zero-order valence-corrected chi connectivity index (χ0v) is 7.34. The van der Waals surface area contributed by atoms with Crippen LogP contribution >= 0.6 is 0 Å². The van der Waals surface area contributed by atoms with Gasteiger partial charge in [0.15, 0.2) is 0 Å². The number of ketones is 1. The Balaban J connectivity index is 3.43. The van der Waals surface area contributed by atoms with Crippen molar-refractivity contribution in [1.82, 2.24) is 4.90 Å². The maximum atomic E-state index is 10.6. The monoisotopic (exact) mass is 159 g/mol. The molecule has 0 atom stereocenters. The van der Waals surface area contributed by atoms with E-state index in [4.69, 9.17) is 5.11 Å². The van der Waals surface area contributed by atoms with Crippen LogP contribution in [0.3, 0.4) is 0 Å². The molecule has 0 aromatic carbocycles. The molecule has 0 saturated carbocycles. The first-order valence-corrected chi connectivity index (χ1v) is 4.03. The van der Waals surface area contributed by atoms with Crippen LogP contribution in [0.1, 0.15) is 20.3 Å². The number of carbonyl (C=O) groups excluding carboxylic acids is 1. The average Bonchev–Trinajstić information content (AvgIpc) is 1.97. The Morgan fingerprint density at radius 1 is 1.45 bits per heavy atom. The predicted octanol–water partition coefficient (Wildman–Crippen LogP) is 0.280. The van der Waals surface area contributed by atoms with Gasteiger partial charge in [-0.1, -0.05) is 6.92 Å². The van der Waals surface area contributed by atoms with E-state index in [1.165, 1.54) is 0 Å². The van der Waals surface area contributed by atoms with Gasteiger partial charge < -0.3 is 10.0 Å². The molecule has 0 radical (unpaired) electrons. The minimum Gasteiger partial charge on any atom is -0.395 e. The van der Waals surface area contributed by atoms with E-state index in [2.05, 4.69) is 4.90 Å². The molecule has 0 spiro atoms. The van der Waals surface area contributed by atoms with E-state index >= 15 is 0 Å². The highest BCUT2D eigenvalue weighted by atomic mass is 16.3. The lowest BCUT2D eigenvalue weighted by Gasteiger charge is -2.17. The number of Topliss-reactive ketones (excluding diaryl/α,β-unsaturated/α-hetero) is 1. The lowest BCUT2D eigenvalue weighted by atomic mass is 10.3. The van der Waals surface area contributed by atoms with Crippen molar-refractivity contribution in [3.05, 3.63) is 0 Å². The molecule has 0 aromatic rings. The van der Waals surface area contributed by atoms with E-state index in [-0.39, 0.29) is 12.4 Å². The summed E-state index contributed by atoms with van der Waals surface area (Å²) >= 11 is 0. The number of hydrogen-bond acceptors (Lipinski definition) is 3. The van der Waals surface area contributed by atoms with E-state index in [0.717, 1.165) is 13.1 Å². The summed E-state index contributed by atoms with van der Waals surface area (Å²) in [6.45, 7) is 6.12. The topological polar surface area (TPSA) is 40.5 Å². The van der Waals surface area contributed by atoms with Gasteiger partial charge in [0.2, 0.25) is 0 Å². The summed E-state index contributed by atoms with van der Waals surface area (Å²) in [6.07, 6.45) is 0.591. The summed E-state index contributed by atoms with van der Waals surface area (Å²) in [6, 6.07) is 0. The molecule has 3 nitrogen and oxygen atoms in total. The number of hydrogen-bond donors (Lipinski definition) is 1. The lowest BCUT2D eigenvalue weighted by Crippen LogP contribution is -2.28. The molecule has 0 aliphatic heterocycles. The molecule has 0 saturated heterocycles. The van der Waals surface area contributed by atoms with Crippen LogP contribution in [-0.4, -0.2) is 42.0 Å². The van der Waals surface area contributed by atoms with E-state index in [1.54, 1.807) is 6.92 Å². The predicted molar refractivity (Wildman–Crippen MR) is 44.5 cm³/mol. The Morgan fingerprint density at radius 3 is 2.45 bits per heavy atom. The summed E-state index contributed by atoms with van der Waals surface area (Å²) in [5.41, 5.74) is 0. The molecule has 0 aromatic heterocycles. The maximum Gasteiger partial charge on any atom is 0.131 e. The first-order valence-electron chi connectivity index (χ1n) is 4.03. The highest BCUT2D eigenvalue weighted by Gasteiger charge is 2.01. The number of likely N-dealkylation sites (N-methyl/N-ethyl adjacent to an activating group) is 1. The van der Waals surface area contributed by atoms with E-state index in [9.17, 15) is 4.79 Å². The van der Waals surface area contributed by atoms with Crippen molar-refractivity contribution in [2.75, 3.05) is 26.2 Å². The third-order valence-corrected chi connectivity index (χ3v) is 1.64. The van der Waals surface area contributed by atoms with Crippen LogP contribution in [0.15, 0.2) is 0 Å². The van der Waals surface area contributed by atoms with Gasteiger partial charge in [-0.3, -0.25) is 4.79 Å². The van der Waals surface area contributed by atoms with Crippen molar-refractivity contribution in [2.45, 2.75) is 20.3 Å². The highest BCUT2D eigenvalue weighted by molar-refractivity contribution is 5.75. The Kier molecular flexibility index (Phi) is 6.07. The maximum absolute atomic E-state index is 10.6. The van der Waals surface area contributed by atoms with Crippen LogP contribution in [-0.2, 0) is 4.79 Å². The minimum atomic E-state index is 0.172. The number of rotatable bonds is 6. The van der Waals surface area contributed by atoms with E-state index in [1.807, 2.05) is 6.92 Å². The smallest absolute Gasteiger partial charge is 0.131 e. The second-order valence-electron chi connectivity index (χ2n) is 2.61. The summed E-state index contributed by atoms with van der Waals surface area (Å²) in [4.78, 5) is 12.6. The van der Waals surface area contributed by atoms with Gasteiger partial charge in [0.05, 0.1) is 6.61 Å². The Labute approximate surface area is 68.0 Å². The number of aliphatic hydroxyl groups excluding tert-OH is 1. The molecule has 0 fully saturated rings. The Bertz CT molecular complexity index is 115. The number of nitrogens with zero attached hydrogens (tertiary/aromatic N) is 1. The highest BCUT2D eigenvalue weighted by Crippen LogP contribution is 1.90. The average molecular weight is 159 g/mol. The first kappa shape index (κ1) is 10.6. The van der Waals surface area contributed by atoms with Gasteiger partial charge in [-0.15, -0.1) is 0 Å². The third-order valence-electron chi connectivity index (χ3n) is 1.64. The van der Waals surface area contributed by atoms with Crippen LogP contribution in [0, 0.1) is 0 Å². The molecule has 0 heterocycles. The second kappa shape index (κ2) is 6.31. The van der Waals surface area contributed by atoms with Gasteiger partial charge in [-0.05, 0) is 13.5 Å². The molecular formula is C8H17NO2. The van der Waals surface area contributed by atoms with Gasteiger partial charge in [0.1, 0.15) is 5.78 Å². The standard InChI is InChI=1S/C8H17NO2/c1-3-9(6-7-10)5-4-8(2)11/h10H,3-7H2,1-2H3. The normalized spacial score (nSPS) is 10.5. The quantitative estimate of drug-likeness (QED) is 0.605. The molecule has 1 N–H and O–H groups in total. The van der Waals surface area contributed by atoms with Crippen LogP contribution < -0.4 is 0 Å². The van der Waals surface area contributed by atoms with Crippen LogP contribution in [0.4, 0.5) is 0 Å². The van der Waals surface area contributed by atoms with Crippen molar-refractivity contribution in [2.24, 2.45) is 0 Å². The van der Waals surface area contributed by atoms with E-state index in [0.29, 0.717) is 13.0 Å². The van der Waals surface area contributed by atoms with Crippen LogP contribution in [0.2, 0.25) is 0 Å². The van der Waals surface area contributed by atoms with E-state index < -0.39 is 0 Å². The zero-order valence-electron chi connectivity index (χ0n) is 7.34. The first-order chi connectivity index (χ1) is 5.20. The van der Waals surface area contributed by atoms with Gasteiger partial charge >= 0.3 is 0 Å². The van der Waals surface area contributed by atoms with Gasteiger partial charge in [0.25, 0.3) is 0 Å². The van der Waals surface area contributed by atoms with Gasteiger partial charge in [-0.25, -0.2) is 0 Å². The molecule has 0 rings (SSSR count). The van der Waals surface area contributed by atoms with Crippen LogP contribution in [0.25, 0.3) is 0 Å². The third kappa shape index (κ3) is 6.01. The second-order valence-corrected chi connectivity index (χ2v) is 2.61. The number of aliphatic hydroxyl groups is 1. The largest absolute Gasteiger partial charge is 0.395 e. The van der Waals surface area contributed by atoms with Crippen molar-refractivity contribution >= 4 is 5.78 Å². The Hall–Kier alpha value is -0.410. The lowest BCUT2D eigenvalue weighted by molar-refractivity contribution is -0.117. The molecule has 66 valence electrons. The van der Waals surface area contributed by atoms with Crippen molar-refractivity contribution in [3.8, 4) is 0 Å². The molecule has 0 unspecified atom stereocenters. The molecule has 3 heteroatoms. The van der Waals surface area contributed by atoms with Crippen LogP contribution in [0.5, 0.6) is 0 Å². The summed E-state index contributed by atoms with van der Waals surface area (Å²) in [5, 5.41) is 8.61. The van der Waals surface area contributed by atoms with Crippen molar-refractivity contribution in [1.29, 1.82) is 0 Å². The fraction of sp³-hybridized carbons (Fsp3) is 0.875. The molecule has 11 heavy (non-hydrogen) atoms. The molecule has 0 bridgehead atoms. The fourth-order valence-electron chi connectivity index (χ4n) is 0.885. The van der Waals surface area contributed by atoms with Gasteiger partial charge in [0, 0.05) is 19.5 Å². The molecule has 0 aliphatic carbocycles. The van der Waals surface area contributed by atoms with Crippen molar-refractivity contribution in [3.63, 3.8) is 0 Å². The minimum absolute atomic E-state index is 0.172. The van der Waals surface area contributed by atoms with Crippen molar-refractivity contribution < 1.29 is 9.90 Å². The zero-order chi connectivity index (χ0) is 8.69. The SMILES string of the molecule is CCN(CCO)CCC(C)=O. The number of carbonyl (C=O) groups is 1. The molecule has 0 amide bonds. The fourth-order valence-corrected chi connectivity index (χ4v) is 0.885. The summed E-state index contributed by atoms with van der Waals surface area (Å²) < 4.78 is 0. The molecule has 0 aliphatic rings. The Morgan fingerprint density at radius 2 is 2.09 bits per heavy atom. The van der Waals surface area contributed by atoms with Gasteiger partial charge in [-0.2, -0.15) is 0 Å². The molecular weight excluding hydrogens is 142 g/mol. The summed E-state index contributed by atoms with van der Waals surface area (Å²) in [7, 11) is 0. The summed E-state index contributed by atoms with van der Waals surface area (Å²) in [5.74, 6) is 0.210.